The molecule has 1 aliphatic rings. The van der Waals surface area contributed by atoms with Crippen molar-refractivity contribution in [3.63, 3.8) is 0 Å². The van der Waals surface area contributed by atoms with E-state index in [9.17, 15) is 0 Å². The van der Waals surface area contributed by atoms with Crippen molar-refractivity contribution in [2.45, 2.75) is 51.6 Å². The molecule has 1 saturated carbocycles. The van der Waals surface area contributed by atoms with Crippen LogP contribution < -0.4 is 4.74 Å². The normalized spacial score (nSPS) is 15.5. The van der Waals surface area contributed by atoms with Gasteiger partial charge >= 0.3 is 0 Å². The molecule has 102 valence electrons. The van der Waals surface area contributed by atoms with Crippen molar-refractivity contribution < 1.29 is 9.47 Å². The Bertz CT molecular complexity index is 462. The van der Waals surface area contributed by atoms with Gasteiger partial charge in [0.2, 0.25) is 0 Å². The second kappa shape index (κ2) is 7.09. The topological polar surface area (TPSA) is 18.5 Å². The Labute approximate surface area is 116 Å². The fourth-order valence-corrected chi connectivity index (χ4v) is 2.59. The van der Waals surface area contributed by atoms with E-state index in [0.717, 1.165) is 36.1 Å². The zero-order chi connectivity index (χ0) is 13.5. The summed E-state index contributed by atoms with van der Waals surface area (Å²) < 4.78 is 11.0. The number of hydrogen-bond donors (Lipinski definition) is 0. The highest BCUT2D eigenvalue weighted by Gasteiger charge is 2.13. The van der Waals surface area contributed by atoms with E-state index in [1.807, 2.05) is 18.2 Å². The maximum Gasteiger partial charge on any atom is 0.123 e. The van der Waals surface area contributed by atoms with E-state index >= 15 is 0 Å². The van der Waals surface area contributed by atoms with Crippen molar-refractivity contribution in [3.8, 4) is 17.8 Å². The highest BCUT2D eigenvalue weighted by molar-refractivity contribution is 5.48. The van der Waals surface area contributed by atoms with Gasteiger partial charge in [-0.1, -0.05) is 19.4 Å². The lowest BCUT2D eigenvalue weighted by atomic mass is 9.98. The van der Waals surface area contributed by atoms with Crippen LogP contribution in [0.5, 0.6) is 5.75 Å². The van der Waals surface area contributed by atoms with E-state index in [2.05, 4.69) is 19.0 Å². The monoisotopic (exact) mass is 258 g/mol. The highest BCUT2D eigenvalue weighted by Crippen LogP contribution is 2.22. The van der Waals surface area contributed by atoms with Gasteiger partial charge in [-0.3, -0.25) is 0 Å². The summed E-state index contributed by atoms with van der Waals surface area (Å²) in [5, 5.41) is 0. The lowest BCUT2D eigenvalue weighted by Gasteiger charge is -2.18. The molecule has 1 aromatic carbocycles. The Morgan fingerprint density at radius 1 is 1.21 bits per heavy atom. The summed E-state index contributed by atoms with van der Waals surface area (Å²) in [4.78, 5) is 0. The van der Waals surface area contributed by atoms with Gasteiger partial charge in [0.1, 0.15) is 18.0 Å². The maximum atomic E-state index is 5.66. The van der Waals surface area contributed by atoms with Crippen LogP contribution in [0.25, 0.3) is 0 Å². The van der Waals surface area contributed by atoms with Crippen molar-refractivity contribution in [1.29, 1.82) is 0 Å². The number of hydrogen-bond acceptors (Lipinski definition) is 2. The molecule has 0 radical (unpaired) electrons. The zero-order valence-electron chi connectivity index (χ0n) is 11.9. The number of rotatable bonds is 3. The molecule has 2 rings (SSSR count). The predicted molar refractivity (Wildman–Crippen MR) is 77.2 cm³/mol. The first-order valence-corrected chi connectivity index (χ1v) is 7.17. The summed E-state index contributed by atoms with van der Waals surface area (Å²) in [6.07, 6.45) is 10.3. The van der Waals surface area contributed by atoms with E-state index in [0.29, 0.717) is 6.10 Å². The van der Waals surface area contributed by atoms with Crippen LogP contribution >= 0.6 is 0 Å². The van der Waals surface area contributed by atoms with Gasteiger partial charge in [0.15, 0.2) is 0 Å². The number of ether oxygens (including phenoxy) is 2. The van der Waals surface area contributed by atoms with Crippen LogP contribution in [-0.2, 0) is 11.2 Å². The molecular weight excluding hydrogens is 236 g/mol. The van der Waals surface area contributed by atoms with Crippen LogP contribution in [0.1, 0.15) is 50.2 Å². The van der Waals surface area contributed by atoms with Gasteiger partial charge in [-0.05, 0) is 50.2 Å². The Kier molecular flexibility index (Phi) is 5.15. The first kappa shape index (κ1) is 13.8. The molecule has 1 aliphatic carbocycles. The fourth-order valence-electron chi connectivity index (χ4n) is 2.59. The minimum atomic E-state index is 0.330. The Morgan fingerprint density at radius 2 is 2.00 bits per heavy atom. The molecule has 0 heterocycles. The first-order chi connectivity index (χ1) is 9.35. The van der Waals surface area contributed by atoms with Crippen LogP contribution in [0.15, 0.2) is 18.2 Å². The average molecular weight is 258 g/mol. The van der Waals surface area contributed by atoms with E-state index in [4.69, 9.17) is 9.47 Å². The van der Waals surface area contributed by atoms with Crippen molar-refractivity contribution in [2.75, 3.05) is 7.11 Å². The standard InChI is InChI=1S/C17H22O2/c1-3-16-14(8-7-11-17(16)18-2)12-13-19-15-9-5-4-6-10-15/h7-8,11,15H,3-6,9-10H2,1-2H3. The van der Waals surface area contributed by atoms with Gasteiger partial charge in [-0.25, -0.2) is 0 Å². The maximum absolute atomic E-state index is 5.66. The zero-order valence-corrected chi connectivity index (χ0v) is 11.9. The van der Waals surface area contributed by atoms with Gasteiger partial charge in [0.05, 0.1) is 7.11 Å². The first-order valence-electron chi connectivity index (χ1n) is 7.17. The molecule has 0 bridgehead atoms. The summed E-state index contributed by atoms with van der Waals surface area (Å²) in [6, 6.07) is 5.98. The largest absolute Gasteiger partial charge is 0.496 e. The van der Waals surface area contributed by atoms with Gasteiger partial charge in [0.25, 0.3) is 0 Å². The summed E-state index contributed by atoms with van der Waals surface area (Å²) in [5.41, 5.74) is 2.17. The molecule has 0 saturated heterocycles. The third-order valence-electron chi connectivity index (χ3n) is 3.67. The summed E-state index contributed by atoms with van der Waals surface area (Å²) in [7, 11) is 1.70. The third-order valence-corrected chi connectivity index (χ3v) is 3.67. The summed E-state index contributed by atoms with van der Waals surface area (Å²) in [5.74, 6) is 4.04. The molecule has 1 aromatic rings. The molecule has 1 fully saturated rings. The predicted octanol–water partition coefficient (Wildman–Crippen LogP) is 3.92. The summed E-state index contributed by atoms with van der Waals surface area (Å²) >= 11 is 0. The minimum Gasteiger partial charge on any atom is -0.496 e. The molecule has 0 N–H and O–H groups in total. The third kappa shape index (κ3) is 3.67. The Hall–Kier alpha value is -1.62. The van der Waals surface area contributed by atoms with Gasteiger partial charge in [-0.15, -0.1) is 0 Å². The number of benzene rings is 1. The molecular formula is C17H22O2. The van der Waals surface area contributed by atoms with Gasteiger partial charge in [-0.2, -0.15) is 0 Å². The van der Waals surface area contributed by atoms with Gasteiger partial charge < -0.3 is 9.47 Å². The van der Waals surface area contributed by atoms with Crippen LogP contribution in [0.3, 0.4) is 0 Å². The SMILES string of the molecule is CCc1c(C#COC2CCCCC2)cccc1OC. The quantitative estimate of drug-likeness (QED) is 0.765. The van der Waals surface area contributed by atoms with Crippen LogP contribution in [0.4, 0.5) is 0 Å². The lowest BCUT2D eigenvalue weighted by Crippen LogP contribution is -2.13. The second-order valence-corrected chi connectivity index (χ2v) is 4.94. The van der Waals surface area contributed by atoms with Crippen LogP contribution in [0, 0.1) is 12.0 Å². The molecule has 2 heteroatoms. The molecule has 19 heavy (non-hydrogen) atoms. The van der Waals surface area contributed by atoms with Crippen molar-refractivity contribution in [3.05, 3.63) is 29.3 Å². The molecule has 0 atom stereocenters. The second-order valence-electron chi connectivity index (χ2n) is 4.94. The minimum absolute atomic E-state index is 0.330. The lowest BCUT2D eigenvalue weighted by molar-refractivity contribution is 0.124. The van der Waals surface area contributed by atoms with Crippen LogP contribution in [-0.4, -0.2) is 13.2 Å². The Balaban J connectivity index is 2.06. The van der Waals surface area contributed by atoms with Gasteiger partial charge in [0, 0.05) is 11.1 Å². The highest BCUT2D eigenvalue weighted by atomic mass is 16.5. The van der Waals surface area contributed by atoms with Crippen molar-refractivity contribution >= 4 is 0 Å². The molecule has 0 amide bonds. The summed E-state index contributed by atoms with van der Waals surface area (Å²) in [6.45, 7) is 2.12. The van der Waals surface area contributed by atoms with Crippen LogP contribution in [0.2, 0.25) is 0 Å². The number of methoxy groups -OCH3 is 1. The smallest absolute Gasteiger partial charge is 0.123 e. The van der Waals surface area contributed by atoms with E-state index < -0.39 is 0 Å². The van der Waals surface area contributed by atoms with E-state index in [1.165, 1.54) is 19.3 Å². The van der Waals surface area contributed by atoms with E-state index in [-0.39, 0.29) is 0 Å². The molecule has 2 nitrogen and oxygen atoms in total. The fraction of sp³-hybridized carbons (Fsp3) is 0.529. The molecule has 0 unspecified atom stereocenters. The average Bonchev–Trinajstić information content (AvgIpc) is 2.48. The van der Waals surface area contributed by atoms with Crippen molar-refractivity contribution in [1.82, 2.24) is 0 Å². The molecule has 0 aliphatic heterocycles. The Morgan fingerprint density at radius 3 is 2.68 bits per heavy atom. The molecule has 0 aromatic heterocycles. The van der Waals surface area contributed by atoms with E-state index in [1.54, 1.807) is 7.11 Å². The van der Waals surface area contributed by atoms with Crippen molar-refractivity contribution in [2.24, 2.45) is 0 Å². The molecule has 0 spiro atoms.